The minimum absolute atomic E-state index is 0. The van der Waals surface area contributed by atoms with Crippen LogP contribution in [0.15, 0.2) is 29.3 Å². The first-order chi connectivity index (χ1) is 11.2. The SMILES string of the molecule is CCNC(=NCc1ccc(C(=O)N2CCCCC2)cc1)NCC.I. The molecule has 1 amide bonds. The van der Waals surface area contributed by atoms with Crippen molar-refractivity contribution in [3.05, 3.63) is 35.4 Å². The van der Waals surface area contributed by atoms with E-state index in [0.29, 0.717) is 6.54 Å². The number of nitrogens with zero attached hydrogens (tertiary/aromatic N) is 2. The lowest BCUT2D eigenvalue weighted by atomic mass is 10.1. The summed E-state index contributed by atoms with van der Waals surface area (Å²) < 4.78 is 0. The zero-order chi connectivity index (χ0) is 16.5. The number of hydrogen-bond acceptors (Lipinski definition) is 2. The van der Waals surface area contributed by atoms with Crippen molar-refractivity contribution in [3.63, 3.8) is 0 Å². The third kappa shape index (κ3) is 6.30. The molecule has 0 saturated carbocycles. The van der Waals surface area contributed by atoms with E-state index < -0.39 is 0 Å². The molecule has 24 heavy (non-hydrogen) atoms. The molecule has 1 aromatic carbocycles. The topological polar surface area (TPSA) is 56.7 Å². The molecule has 1 aliphatic heterocycles. The second-order valence-corrected chi connectivity index (χ2v) is 5.78. The monoisotopic (exact) mass is 444 g/mol. The Hall–Kier alpha value is -1.31. The maximum absolute atomic E-state index is 12.4. The lowest BCUT2D eigenvalue weighted by molar-refractivity contribution is 0.0724. The van der Waals surface area contributed by atoms with Gasteiger partial charge in [-0.1, -0.05) is 12.1 Å². The van der Waals surface area contributed by atoms with Gasteiger partial charge in [-0.3, -0.25) is 4.79 Å². The Labute approximate surface area is 162 Å². The smallest absolute Gasteiger partial charge is 0.253 e. The number of carbonyl (C=O) groups is 1. The molecule has 2 N–H and O–H groups in total. The van der Waals surface area contributed by atoms with Gasteiger partial charge in [0.05, 0.1) is 6.54 Å². The number of guanidine groups is 1. The predicted molar refractivity (Wildman–Crippen MR) is 110 cm³/mol. The van der Waals surface area contributed by atoms with Crippen LogP contribution >= 0.6 is 24.0 Å². The zero-order valence-electron chi connectivity index (χ0n) is 14.7. The summed E-state index contributed by atoms with van der Waals surface area (Å²) in [7, 11) is 0. The third-order valence-electron chi connectivity index (χ3n) is 3.95. The number of likely N-dealkylation sites (tertiary alicyclic amines) is 1. The highest BCUT2D eigenvalue weighted by Crippen LogP contribution is 2.14. The molecule has 0 bridgehead atoms. The molecule has 0 spiro atoms. The number of rotatable bonds is 5. The molecule has 1 saturated heterocycles. The summed E-state index contributed by atoms with van der Waals surface area (Å²) in [6.45, 7) is 8.17. The fraction of sp³-hybridized carbons (Fsp3) is 0.556. The maximum Gasteiger partial charge on any atom is 0.253 e. The van der Waals surface area contributed by atoms with Crippen LogP contribution in [0, 0.1) is 0 Å². The van der Waals surface area contributed by atoms with Gasteiger partial charge in [-0.05, 0) is 50.8 Å². The summed E-state index contributed by atoms with van der Waals surface area (Å²) in [5.74, 6) is 0.976. The Morgan fingerprint density at radius 1 is 1.04 bits per heavy atom. The number of nitrogens with one attached hydrogen (secondary N) is 2. The first-order valence-corrected chi connectivity index (χ1v) is 8.65. The molecule has 134 valence electrons. The van der Waals surface area contributed by atoms with Gasteiger partial charge in [0.2, 0.25) is 0 Å². The van der Waals surface area contributed by atoms with E-state index >= 15 is 0 Å². The summed E-state index contributed by atoms with van der Waals surface area (Å²) in [6.07, 6.45) is 3.48. The van der Waals surface area contributed by atoms with Crippen molar-refractivity contribution in [2.45, 2.75) is 39.7 Å². The fourth-order valence-corrected chi connectivity index (χ4v) is 2.71. The molecule has 1 aliphatic rings. The minimum atomic E-state index is 0. The van der Waals surface area contributed by atoms with Crippen LogP contribution in [-0.4, -0.2) is 42.9 Å². The van der Waals surface area contributed by atoms with Crippen molar-refractivity contribution in [2.75, 3.05) is 26.2 Å². The van der Waals surface area contributed by atoms with Crippen LogP contribution in [0.25, 0.3) is 0 Å². The Bertz CT molecular complexity index is 516. The molecule has 5 nitrogen and oxygen atoms in total. The van der Waals surface area contributed by atoms with Crippen molar-refractivity contribution >= 4 is 35.8 Å². The van der Waals surface area contributed by atoms with Gasteiger partial charge in [0.15, 0.2) is 5.96 Å². The molecule has 0 aliphatic carbocycles. The normalized spacial score (nSPS) is 13.7. The molecule has 2 rings (SSSR count). The molecule has 0 radical (unpaired) electrons. The Morgan fingerprint density at radius 2 is 1.62 bits per heavy atom. The molecule has 1 fully saturated rings. The van der Waals surface area contributed by atoms with Gasteiger partial charge >= 0.3 is 0 Å². The van der Waals surface area contributed by atoms with Crippen LogP contribution in [-0.2, 0) is 6.54 Å². The summed E-state index contributed by atoms with van der Waals surface area (Å²) in [5.41, 5.74) is 1.88. The number of benzene rings is 1. The van der Waals surface area contributed by atoms with Crippen LogP contribution in [0.1, 0.15) is 49.0 Å². The van der Waals surface area contributed by atoms with Crippen LogP contribution in [0.5, 0.6) is 0 Å². The van der Waals surface area contributed by atoms with Gasteiger partial charge in [-0.15, -0.1) is 24.0 Å². The van der Waals surface area contributed by atoms with E-state index in [9.17, 15) is 4.79 Å². The van der Waals surface area contributed by atoms with E-state index in [4.69, 9.17) is 0 Å². The minimum Gasteiger partial charge on any atom is -0.357 e. The Morgan fingerprint density at radius 3 is 2.17 bits per heavy atom. The van der Waals surface area contributed by atoms with Gasteiger partial charge < -0.3 is 15.5 Å². The van der Waals surface area contributed by atoms with E-state index in [2.05, 4.69) is 15.6 Å². The zero-order valence-corrected chi connectivity index (χ0v) is 17.0. The quantitative estimate of drug-likeness (QED) is 0.417. The van der Waals surface area contributed by atoms with E-state index in [1.165, 1.54) is 6.42 Å². The summed E-state index contributed by atoms with van der Waals surface area (Å²) in [4.78, 5) is 18.9. The third-order valence-corrected chi connectivity index (χ3v) is 3.95. The average Bonchev–Trinajstić information content (AvgIpc) is 2.61. The van der Waals surface area contributed by atoms with Crippen molar-refractivity contribution in [2.24, 2.45) is 4.99 Å². The highest BCUT2D eigenvalue weighted by molar-refractivity contribution is 14.0. The number of aliphatic imine (C=N–C) groups is 1. The number of piperidine rings is 1. The first-order valence-electron chi connectivity index (χ1n) is 8.65. The summed E-state index contributed by atoms with van der Waals surface area (Å²) in [5, 5.41) is 6.41. The summed E-state index contributed by atoms with van der Waals surface area (Å²) >= 11 is 0. The van der Waals surface area contributed by atoms with E-state index in [1.54, 1.807) is 0 Å². The van der Waals surface area contributed by atoms with Gasteiger partial charge in [0.1, 0.15) is 0 Å². The van der Waals surface area contributed by atoms with Crippen molar-refractivity contribution < 1.29 is 4.79 Å². The second-order valence-electron chi connectivity index (χ2n) is 5.78. The number of amides is 1. The van der Waals surface area contributed by atoms with Crippen molar-refractivity contribution in [1.29, 1.82) is 0 Å². The molecule has 1 heterocycles. The Balaban J connectivity index is 0.00000288. The predicted octanol–water partition coefficient (Wildman–Crippen LogP) is 3.01. The molecule has 1 aromatic rings. The van der Waals surface area contributed by atoms with Gasteiger partial charge in [-0.2, -0.15) is 0 Å². The van der Waals surface area contributed by atoms with Gasteiger partial charge in [-0.25, -0.2) is 4.99 Å². The van der Waals surface area contributed by atoms with Crippen LogP contribution in [0.3, 0.4) is 0 Å². The molecule has 0 unspecified atom stereocenters. The maximum atomic E-state index is 12.4. The van der Waals surface area contributed by atoms with Gasteiger partial charge in [0.25, 0.3) is 5.91 Å². The van der Waals surface area contributed by atoms with Crippen LogP contribution < -0.4 is 10.6 Å². The lowest BCUT2D eigenvalue weighted by Crippen LogP contribution is -2.37. The number of halogens is 1. The lowest BCUT2D eigenvalue weighted by Gasteiger charge is -2.26. The van der Waals surface area contributed by atoms with E-state index in [0.717, 1.165) is 56.1 Å². The molecular formula is C18H29IN4O. The largest absolute Gasteiger partial charge is 0.357 e. The molecule has 0 aromatic heterocycles. The van der Waals surface area contributed by atoms with Gasteiger partial charge in [0, 0.05) is 31.7 Å². The number of hydrogen-bond donors (Lipinski definition) is 2. The standard InChI is InChI=1S/C18H28N4O.HI/c1-3-19-18(20-4-2)21-14-15-8-10-16(11-9-15)17(23)22-12-6-5-7-13-22;/h8-11H,3-7,12-14H2,1-2H3,(H2,19,20,21);1H. The fourth-order valence-electron chi connectivity index (χ4n) is 2.71. The average molecular weight is 444 g/mol. The van der Waals surface area contributed by atoms with E-state index in [-0.39, 0.29) is 29.9 Å². The van der Waals surface area contributed by atoms with Crippen molar-refractivity contribution in [1.82, 2.24) is 15.5 Å². The van der Waals surface area contributed by atoms with Crippen LogP contribution in [0.4, 0.5) is 0 Å². The van der Waals surface area contributed by atoms with Crippen LogP contribution in [0.2, 0.25) is 0 Å². The first kappa shape index (κ1) is 20.7. The highest BCUT2D eigenvalue weighted by Gasteiger charge is 2.17. The van der Waals surface area contributed by atoms with Crippen molar-refractivity contribution in [3.8, 4) is 0 Å². The Kier molecular flexibility index (Phi) is 9.75. The molecule has 6 heteroatoms. The molecule has 0 atom stereocenters. The summed E-state index contributed by atoms with van der Waals surface area (Å²) in [6, 6.07) is 7.83. The second kappa shape index (κ2) is 11.3. The molecular weight excluding hydrogens is 415 g/mol. The highest BCUT2D eigenvalue weighted by atomic mass is 127. The van der Waals surface area contributed by atoms with E-state index in [1.807, 2.05) is 43.0 Å². The number of carbonyl (C=O) groups excluding carboxylic acids is 1.